The van der Waals surface area contributed by atoms with E-state index in [9.17, 15) is 31.2 Å². The average molecular weight is 195 g/mol. The largest absolute Gasteiger partial charge is 0.395 e. The summed E-state index contributed by atoms with van der Waals surface area (Å²) in [5, 5.41) is 0. The minimum absolute atomic E-state index is 0.0611. The van der Waals surface area contributed by atoms with Crippen molar-refractivity contribution in [2.45, 2.75) is 18.5 Å². The SMILES string of the molecule is O=C(NF)C(F)(F)CC(F)(F)F. The van der Waals surface area contributed by atoms with Crippen LogP contribution in [0.1, 0.15) is 6.42 Å². The molecule has 0 saturated heterocycles. The Kier molecular flexibility index (Phi) is 2.94. The third kappa shape index (κ3) is 3.44. The van der Waals surface area contributed by atoms with E-state index in [2.05, 4.69) is 0 Å². The second kappa shape index (κ2) is 3.20. The summed E-state index contributed by atoms with van der Waals surface area (Å²) >= 11 is 0. The molecule has 0 aromatic carbocycles. The lowest BCUT2D eigenvalue weighted by molar-refractivity contribution is -0.196. The summed E-state index contributed by atoms with van der Waals surface area (Å²) in [6.07, 6.45) is -7.88. The first-order valence-corrected chi connectivity index (χ1v) is 2.55. The molecule has 0 atom stereocenters. The minimum Gasteiger partial charge on any atom is -0.265 e. The third-order valence-electron chi connectivity index (χ3n) is 0.840. The fourth-order valence-electron chi connectivity index (χ4n) is 0.401. The topological polar surface area (TPSA) is 29.1 Å². The maximum Gasteiger partial charge on any atom is 0.395 e. The number of alkyl halides is 5. The summed E-state index contributed by atoms with van der Waals surface area (Å²) in [6.45, 7) is 0. The summed E-state index contributed by atoms with van der Waals surface area (Å²) in [5.74, 6) is -7.35. The molecule has 0 spiro atoms. The van der Waals surface area contributed by atoms with Gasteiger partial charge in [0.1, 0.15) is 6.42 Å². The fraction of sp³-hybridized carbons (Fsp3) is 0.750. The number of hydrogen-bond acceptors (Lipinski definition) is 1. The van der Waals surface area contributed by atoms with Crippen molar-refractivity contribution in [2.24, 2.45) is 0 Å². The Balaban J connectivity index is 4.32. The van der Waals surface area contributed by atoms with Crippen LogP contribution in [0.5, 0.6) is 0 Å². The smallest absolute Gasteiger partial charge is 0.265 e. The van der Waals surface area contributed by atoms with Gasteiger partial charge in [0.2, 0.25) is 0 Å². The highest BCUT2D eigenvalue weighted by Gasteiger charge is 2.49. The highest BCUT2D eigenvalue weighted by atomic mass is 19.4. The highest BCUT2D eigenvalue weighted by molar-refractivity contribution is 5.82. The monoisotopic (exact) mass is 195 g/mol. The molecular weight excluding hydrogens is 192 g/mol. The van der Waals surface area contributed by atoms with Crippen LogP contribution in [0.3, 0.4) is 0 Å². The van der Waals surface area contributed by atoms with Crippen molar-refractivity contribution in [1.29, 1.82) is 0 Å². The number of carbonyl (C=O) groups excluding carboxylic acids is 1. The van der Waals surface area contributed by atoms with Crippen LogP contribution < -0.4 is 5.54 Å². The Morgan fingerprint density at radius 2 is 1.58 bits per heavy atom. The lowest BCUT2D eigenvalue weighted by Crippen LogP contribution is -2.39. The van der Waals surface area contributed by atoms with Gasteiger partial charge in [0.15, 0.2) is 0 Å². The Bertz CT molecular complexity index is 175. The van der Waals surface area contributed by atoms with Gasteiger partial charge in [-0.1, -0.05) is 0 Å². The van der Waals surface area contributed by atoms with Gasteiger partial charge in [0, 0.05) is 0 Å². The average Bonchev–Trinajstić information content (AvgIpc) is 1.80. The molecule has 0 radical (unpaired) electrons. The van der Waals surface area contributed by atoms with Crippen LogP contribution in [0.15, 0.2) is 0 Å². The summed E-state index contributed by atoms with van der Waals surface area (Å²) in [6, 6.07) is 0. The second-order valence-electron chi connectivity index (χ2n) is 1.92. The minimum atomic E-state index is -5.21. The summed E-state index contributed by atoms with van der Waals surface area (Å²) in [7, 11) is 0. The molecule has 0 aromatic heterocycles. The molecule has 0 bridgehead atoms. The van der Waals surface area contributed by atoms with Crippen LogP contribution in [-0.2, 0) is 4.79 Å². The standard InChI is InChI=1S/C4H3F6NO/c5-3(6,2(12)11-10)1-4(7,8)9/h1H2,(H,11,12). The van der Waals surface area contributed by atoms with Crippen molar-refractivity contribution < 1.29 is 31.2 Å². The molecule has 8 heteroatoms. The first-order chi connectivity index (χ1) is 5.19. The van der Waals surface area contributed by atoms with Crippen LogP contribution in [0.4, 0.5) is 26.4 Å². The van der Waals surface area contributed by atoms with E-state index in [1.54, 1.807) is 0 Å². The van der Waals surface area contributed by atoms with E-state index in [-0.39, 0.29) is 5.54 Å². The molecule has 0 unspecified atom stereocenters. The zero-order valence-electron chi connectivity index (χ0n) is 5.38. The third-order valence-corrected chi connectivity index (χ3v) is 0.840. The number of rotatable bonds is 2. The quantitative estimate of drug-likeness (QED) is 0.525. The molecule has 2 nitrogen and oxygen atoms in total. The molecule has 0 aliphatic carbocycles. The van der Waals surface area contributed by atoms with Gasteiger partial charge in [-0.15, -0.1) is 4.48 Å². The number of amides is 1. The molecule has 72 valence electrons. The van der Waals surface area contributed by atoms with Crippen LogP contribution in [0.25, 0.3) is 0 Å². The van der Waals surface area contributed by atoms with Crippen molar-refractivity contribution in [2.75, 3.05) is 0 Å². The van der Waals surface area contributed by atoms with Crippen molar-refractivity contribution in [3.8, 4) is 0 Å². The van der Waals surface area contributed by atoms with E-state index in [1.165, 1.54) is 0 Å². The predicted molar refractivity (Wildman–Crippen MR) is 24.9 cm³/mol. The van der Waals surface area contributed by atoms with E-state index in [0.717, 1.165) is 0 Å². The molecule has 0 aromatic rings. The Labute approximate surface area is 62.5 Å². The van der Waals surface area contributed by atoms with Crippen LogP contribution >= 0.6 is 0 Å². The van der Waals surface area contributed by atoms with Gasteiger partial charge in [-0.3, -0.25) is 4.79 Å². The zero-order valence-corrected chi connectivity index (χ0v) is 5.38. The van der Waals surface area contributed by atoms with Gasteiger partial charge in [0.05, 0.1) is 0 Å². The van der Waals surface area contributed by atoms with Crippen molar-refractivity contribution in [3.63, 3.8) is 0 Å². The van der Waals surface area contributed by atoms with Gasteiger partial charge >= 0.3 is 18.0 Å². The number of hydrogen-bond donors (Lipinski definition) is 1. The lowest BCUT2D eigenvalue weighted by atomic mass is 10.2. The van der Waals surface area contributed by atoms with Gasteiger partial charge in [0.25, 0.3) is 0 Å². The Morgan fingerprint density at radius 1 is 1.17 bits per heavy atom. The lowest BCUT2D eigenvalue weighted by Gasteiger charge is -2.14. The maximum absolute atomic E-state index is 11.9. The molecule has 0 aliphatic heterocycles. The molecule has 1 N–H and O–H groups in total. The summed E-state index contributed by atoms with van der Waals surface area (Å²) in [5.41, 5.74) is -0.0611. The van der Waals surface area contributed by atoms with Crippen LogP contribution in [0, 0.1) is 0 Å². The first kappa shape index (κ1) is 11.0. The van der Waals surface area contributed by atoms with E-state index in [4.69, 9.17) is 0 Å². The van der Waals surface area contributed by atoms with Gasteiger partial charge in [-0.05, 0) is 0 Å². The van der Waals surface area contributed by atoms with Crippen molar-refractivity contribution >= 4 is 5.91 Å². The molecule has 0 saturated carbocycles. The summed E-state index contributed by atoms with van der Waals surface area (Å²) < 4.78 is 68.7. The van der Waals surface area contributed by atoms with E-state index in [1.807, 2.05) is 0 Å². The Morgan fingerprint density at radius 3 is 1.83 bits per heavy atom. The number of carbonyl (C=O) groups is 1. The molecular formula is C4H3F6NO. The zero-order chi connectivity index (χ0) is 9.99. The first-order valence-electron chi connectivity index (χ1n) is 2.55. The van der Waals surface area contributed by atoms with Crippen molar-refractivity contribution in [1.82, 2.24) is 5.54 Å². The number of nitrogens with one attached hydrogen (secondary N) is 1. The van der Waals surface area contributed by atoms with Crippen molar-refractivity contribution in [3.05, 3.63) is 0 Å². The fourth-order valence-corrected chi connectivity index (χ4v) is 0.401. The second-order valence-corrected chi connectivity index (χ2v) is 1.92. The maximum atomic E-state index is 11.9. The van der Waals surface area contributed by atoms with Gasteiger partial charge in [-0.2, -0.15) is 27.5 Å². The normalized spacial score (nSPS) is 12.8. The molecule has 0 fully saturated rings. The molecule has 0 rings (SSSR count). The van der Waals surface area contributed by atoms with E-state index >= 15 is 0 Å². The molecule has 1 amide bonds. The van der Waals surface area contributed by atoms with Crippen LogP contribution in [0.2, 0.25) is 0 Å². The Hall–Kier alpha value is -0.950. The molecule has 0 heterocycles. The van der Waals surface area contributed by atoms with Gasteiger partial charge in [-0.25, -0.2) is 0 Å². The molecule has 12 heavy (non-hydrogen) atoms. The highest BCUT2D eigenvalue weighted by Crippen LogP contribution is 2.31. The summed E-state index contributed by atoms with van der Waals surface area (Å²) in [4.78, 5) is 9.78. The van der Waals surface area contributed by atoms with Crippen LogP contribution in [-0.4, -0.2) is 18.0 Å². The van der Waals surface area contributed by atoms with E-state index < -0.39 is 24.4 Å². The number of halogens is 6. The predicted octanol–water partition coefficient (Wildman–Crippen LogP) is 1.57. The van der Waals surface area contributed by atoms with Gasteiger partial charge < -0.3 is 0 Å². The molecule has 0 aliphatic rings. The van der Waals surface area contributed by atoms with E-state index in [0.29, 0.717) is 0 Å².